The van der Waals surface area contributed by atoms with Crippen LogP contribution in [0.25, 0.3) is 5.65 Å². The largest absolute Gasteiger partial charge is 0.367 e. The lowest BCUT2D eigenvalue weighted by atomic mass is 10.0. The molecule has 3 aromatic rings. The Morgan fingerprint density at radius 1 is 1.20 bits per heavy atom. The van der Waals surface area contributed by atoms with E-state index in [1.54, 1.807) is 21.5 Å². The van der Waals surface area contributed by atoms with Crippen molar-refractivity contribution in [2.24, 2.45) is 0 Å². The molecule has 3 aromatic heterocycles. The zero-order valence-electron chi connectivity index (χ0n) is 17.0. The Kier molecular flexibility index (Phi) is 5.72. The minimum Gasteiger partial charge on any atom is -0.367 e. The van der Waals surface area contributed by atoms with Gasteiger partial charge in [-0.15, -0.1) is 5.10 Å². The minimum atomic E-state index is 0.0285. The van der Waals surface area contributed by atoms with Crippen molar-refractivity contribution in [2.75, 3.05) is 30.7 Å². The van der Waals surface area contributed by atoms with Gasteiger partial charge in [-0.05, 0) is 42.8 Å². The zero-order valence-corrected chi connectivity index (χ0v) is 17.9. The Hall–Kier alpha value is -2.39. The predicted molar refractivity (Wildman–Crippen MR) is 119 cm³/mol. The zero-order chi connectivity index (χ0) is 20.3. The summed E-state index contributed by atoms with van der Waals surface area (Å²) in [6.07, 6.45) is 8.18. The third-order valence-corrected chi connectivity index (χ3v) is 7.03. The van der Waals surface area contributed by atoms with E-state index in [0.29, 0.717) is 12.6 Å². The van der Waals surface area contributed by atoms with Crippen LogP contribution >= 0.6 is 11.8 Å². The number of rotatable bonds is 6. The molecule has 9 heteroatoms. The molecule has 1 unspecified atom stereocenters. The molecular weight excluding hydrogens is 398 g/mol. The number of thioether (sulfide) groups is 1. The first-order valence-corrected chi connectivity index (χ1v) is 11.9. The van der Waals surface area contributed by atoms with Crippen LogP contribution in [0.3, 0.4) is 0 Å². The van der Waals surface area contributed by atoms with Gasteiger partial charge in [0.05, 0.1) is 12.2 Å². The number of hydrogen-bond donors (Lipinski definition) is 1. The summed E-state index contributed by atoms with van der Waals surface area (Å²) in [5.41, 5.74) is 3.10. The molecule has 5 rings (SSSR count). The van der Waals surface area contributed by atoms with Gasteiger partial charge >= 0.3 is 0 Å². The van der Waals surface area contributed by atoms with Crippen LogP contribution in [0.2, 0.25) is 0 Å². The second-order valence-corrected chi connectivity index (χ2v) is 9.10. The number of fused-ring (bicyclic) bond motifs is 2. The Morgan fingerprint density at radius 2 is 2.17 bits per heavy atom. The fraction of sp³-hybridized carbons (Fsp3) is 0.524. The van der Waals surface area contributed by atoms with E-state index in [4.69, 9.17) is 0 Å². The number of imidazole rings is 1. The van der Waals surface area contributed by atoms with Crippen LogP contribution in [0.5, 0.6) is 0 Å². The van der Waals surface area contributed by atoms with Gasteiger partial charge in [-0.3, -0.25) is 9.69 Å². The number of anilines is 1. The maximum absolute atomic E-state index is 12.5. The fourth-order valence-electron chi connectivity index (χ4n) is 4.35. The van der Waals surface area contributed by atoms with Gasteiger partial charge in [-0.25, -0.2) is 14.2 Å². The fourth-order valence-corrected chi connectivity index (χ4v) is 5.31. The molecule has 0 spiro atoms. The van der Waals surface area contributed by atoms with E-state index in [0.717, 1.165) is 66.7 Å². The van der Waals surface area contributed by atoms with Gasteiger partial charge in [0.1, 0.15) is 5.82 Å². The van der Waals surface area contributed by atoms with Crippen LogP contribution in [0, 0.1) is 0 Å². The number of aryl methyl sites for hydroxylation is 1. The van der Waals surface area contributed by atoms with Crippen molar-refractivity contribution in [1.82, 2.24) is 29.3 Å². The molecule has 0 amide bonds. The monoisotopic (exact) mass is 425 g/mol. The van der Waals surface area contributed by atoms with Crippen molar-refractivity contribution in [2.45, 2.75) is 44.0 Å². The van der Waals surface area contributed by atoms with E-state index in [1.165, 1.54) is 12.8 Å². The van der Waals surface area contributed by atoms with E-state index < -0.39 is 0 Å². The smallest absolute Gasteiger partial charge is 0.267 e. The molecule has 1 atom stereocenters. The molecule has 0 aliphatic carbocycles. The van der Waals surface area contributed by atoms with Gasteiger partial charge in [0.2, 0.25) is 0 Å². The highest BCUT2D eigenvalue weighted by Crippen LogP contribution is 2.21. The lowest BCUT2D eigenvalue weighted by molar-refractivity contribution is 0.147. The van der Waals surface area contributed by atoms with E-state index in [9.17, 15) is 4.79 Å². The SMILES string of the molecule is O=c1cc2c(nn1CCN1CCCCC1CNc1ccc3nccn3n1)CCSC2. The van der Waals surface area contributed by atoms with Crippen LogP contribution in [0.1, 0.15) is 30.5 Å². The average molecular weight is 426 g/mol. The maximum Gasteiger partial charge on any atom is 0.267 e. The number of nitrogens with zero attached hydrogens (tertiary/aromatic N) is 6. The minimum absolute atomic E-state index is 0.0285. The quantitative estimate of drug-likeness (QED) is 0.647. The Morgan fingerprint density at radius 3 is 3.13 bits per heavy atom. The van der Waals surface area contributed by atoms with Crippen molar-refractivity contribution in [3.8, 4) is 0 Å². The number of nitrogens with one attached hydrogen (secondary N) is 1. The normalized spacial score (nSPS) is 19.7. The molecule has 30 heavy (non-hydrogen) atoms. The second kappa shape index (κ2) is 8.77. The summed E-state index contributed by atoms with van der Waals surface area (Å²) in [6.45, 7) is 3.41. The topological polar surface area (TPSA) is 80.4 Å². The van der Waals surface area contributed by atoms with E-state index in [1.807, 2.05) is 30.1 Å². The Labute approximate surface area is 179 Å². The molecule has 1 N–H and O–H groups in total. The lowest BCUT2D eigenvalue weighted by Crippen LogP contribution is -2.45. The number of piperidine rings is 1. The van der Waals surface area contributed by atoms with Gasteiger partial charge in [-0.1, -0.05) is 6.42 Å². The van der Waals surface area contributed by atoms with Crippen LogP contribution in [0.15, 0.2) is 35.4 Å². The van der Waals surface area contributed by atoms with Gasteiger partial charge in [0.15, 0.2) is 5.65 Å². The molecule has 5 heterocycles. The van der Waals surface area contributed by atoms with Crippen LogP contribution in [-0.4, -0.2) is 60.7 Å². The molecule has 1 fully saturated rings. The third-order valence-electron chi connectivity index (χ3n) is 6.03. The Bertz CT molecular complexity index is 1080. The van der Waals surface area contributed by atoms with Crippen LogP contribution in [0.4, 0.5) is 5.82 Å². The van der Waals surface area contributed by atoms with Crippen LogP contribution in [-0.2, 0) is 18.7 Å². The molecule has 158 valence electrons. The summed E-state index contributed by atoms with van der Waals surface area (Å²) in [7, 11) is 0. The molecule has 0 saturated carbocycles. The second-order valence-electron chi connectivity index (χ2n) is 8.00. The van der Waals surface area contributed by atoms with Gasteiger partial charge < -0.3 is 5.32 Å². The first-order valence-electron chi connectivity index (χ1n) is 10.7. The Balaban J connectivity index is 1.22. The van der Waals surface area contributed by atoms with Crippen LogP contribution < -0.4 is 10.9 Å². The van der Waals surface area contributed by atoms with E-state index in [2.05, 4.69) is 25.4 Å². The highest BCUT2D eigenvalue weighted by molar-refractivity contribution is 7.98. The van der Waals surface area contributed by atoms with E-state index >= 15 is 0 Å². The molecule has 0 radical (unpaired) electrons. The van der Waals surface area contributed by atoms with Crippen molar-refractivity contribution in [1.29, 1.82) is 0 Å². The highest BCUT2D eigenvalue weighted by Gasteiger charge is 2.23. The molecule has 0 aromatic carbocycles. The summed E-state index contributed by atoms with van der Waals surface area (Å²) in [5.74, 6) is 2.87. The molecule has 0 bridgehead atoms. The molecular formula is C21H27N7OS. The number of aromatic nitrogens is 5. The van der Waals surface area contributed by atoms with Gasteiger partial charge in [0.25, 0.3) is 5.56 Å². The van der Waals surface area contributed by atoms with Crippen molar-refractivity contribution >= 4 is 23.2 Å². The van der Waals surface area contributed by atoms with Gasteiger partial charge in [0, 0.05) is 49.8 Å². The number of hydrogen-bond acceptors (Lipinski definition) is 7. The van der Waals surface area contributed by atoms with Crippen molar-refractivity contribution in [3.63, 3.8) is 0 Å². The van der Waals surface area contributed by atoms with Gasteiger partial charge in [-0.2, -0.15) is 16.9 Å². The molecule has 2 aliphatic rings. The van der Waals surface area contributed by atoms with Crippen molar-refractivity contribution < 1.29 is 0 Å². The number of likely N-dealkylation sites (tertiary alicyclic amines) is 1. The highest BCUT2D eigenvalue weighted by atomic mass is 32.2. The lowest BCUT2D eigenvalue weighted by Gasteiger charge is -2.36. The average Bonchev–Trinajstić information content (AvgIpc) is 3.25. The summed E-state index contributed by atoms with van der Waals surface area (Å²) in [6, 6.07) is 6.18. The third kappa shape index (κ3) is 4.22. The summed E-state index contributed by atoms with van der Waals surface area (Å²) >= 11 is 1.88. The summed E-state index contributed by atoms with van der Waals surface area (Å²) < 4.78 is 3.45. The molecule has 1 saturated heterocycles. The van der Waals surface area contributed by atoms with Crippen molar-refractivity contribution in [3.05, 3.63) is 52.2 Å². The predicted octanol–water partition coefficient (Wildman–Crippen LogP) is 2.04. The molecule has 8 nitrogen and oxygen atoms in total. The molecule has 2 aliphatic heterocycles. The summed E-state index contributed by atoms with van der Waals surface area (Å²) in [4.78, 5) is 19.2. The first kappa shape index (κ1) is 19.6. The summed E-state index contributed by atoms with van der Waals surface area (Å²) in [5, 5.41) is 12.7. The first-order chi connectivity index (χ1) is 14.8. The van der Waals surface area contributed by atoms with E-state index in [-0.39, 0.29) is 5.56 Å². The standard InChI is InChI=1S/C21H27N7OS/c29-21-13-16-15-30-12-6-18(16)24-28(21)11-10-26-8-2-1-3-17(26)14-23-19-4-5-20-22-7-9-27(20)25-19/h4-5,7,9,13,17H,1-3,6,8,10-12,14-15H2,(H,23,25). The maximum atomic E-state index is 12.5.